The number of thiophene rings is 1. The number of benzene rings is 1. The molecule has 3 heterocycles. The summed E-state index contributed by atoms with van der Waals surface area (Å²) in [5, 5.41) is 10.4. The van der Waals surface area contributed by atoms with E-state index in [-0.39, 0.29) is 11.8 Å². The smallest absolute Gasteiger partial charge is 0.257 e. The third kappa shape index (κ3) is 4.59. The predicted octanol–water partition coefficient (Wildman–Crippen LogP) is 4.69. The number of carbonyl (C=O) groups is 1. The van der Waals surface area contributed by atoms with Gasteiger partial charge >= 0.3 is 0 Å². The largest absolute Gasteiger partial charge is 0.420 e. The third-order valence-electron chi connectivity index (χ3n) is 4.62. The standard InChI is InChI=1S/C20H21N3O2S2/c24-18(10-13-26-16-7-2-1-3-8-16)23-11-4-6-15(14-23)19-21-22-20(25-19)17-9-5-12-27-17/h1-3,5,7-9,12,15H,4,6,10-11,13-14H2. The van der Waals surface area contributed by atoms with Crippen LogP contribution in [0.25, 0.3) is 10.8 Å². The van der Waals surface area contributed by atoms with Crippen molar-refractivity contribution in [3.63, 3.8) is 0 Å². The van der Waals surface area contributed by atoms with E-state index in [1.807, 2.05) is 40.6 Å². The normalized spacial score (nSPS) is 17.2. The van der Waals surface area contributed by atoms with E-state index >= 15 is 0 Å². The molecular formula is C20H21N3O2S2. The maximum atomic E-state index is 12.6. The number of nitrogens with zero attached hydrogens (tertiary/aromatic N) is 3. The molecule has 140 valence electrons. The van der Waals surface area contributed by atoms with Gasteiger partial charge in [-0.05, 0) is 36.4 Å². The van der Waals surface area contributed by atoms with Crippen LogP contribution in [0.1, 0.15) is 31.1 Å². The number of thioether (sulfide) groups is 1. The Morgan fingerprint density at radius 2 is 2.11 bits per heavy atom. The van der Waals surface area contributed by atoms with Crippen LogP contribution < -0.4 is 0 Å². The molecule has 7 heteroatoms. The Kier molecular flexibility index (Phi) is 5.89. The summed E-state index contributed by atoms with van der Waals surface area (Å²) in [5.41, 5.74) is 0. The van der Waals surface area contributed by atoms with Crippen molar-refractivity contribution in [2.45, 2.75) is 30.1 Å². The van der Waals surface area contributed by atoms with Crippen molar-refractivity contribution in [3.05, 3.63) is 53.7 Å². The minimum Gasteiger partial charge on any atom is -0.420 e. The van der Waals surface area contributed by atoms with E-state index in [0.717, 1.165) is 30.0 Å². The second-order valence-corrected chi connectivity index (χ2v) is 8.63. The van der Waals surface area contributed by atoms with Crippen LogP contribution in [0.3, 0.4) is 0 Å². The molecule has 0 N–H and O–H groups in total. The Bertz CT molecular complexity index is 865. The van der Waals surface area contributed by atoms with Crippen LogP contribution in [0, 0.1) is 0 Å². The fourth-order valence-corrected chi connectivity index (χ4v) is 4.74. The number of piperidine rings is 1. The average molecular weight is 400 g/mol. The maximum absolute atomic E-state index is 12.6. The monoisotopic (exact) mass is 399 g/mol. The van der Waals surface area contributed by atoms with E-state index < -0.39 is 0 Å². The van der Waals surface area contributed by atoms with Gasteiger partial charge < -0.3 is 9.32 Å². The molecule has 0 aliphatic carbocycles. The summed E-state index contributed by atoms with van der Waals surface area (Å²) in [7, 11) is 0. The highest BCUT2D eigenvalue weighted by molar-refractivity contribution is 7.99. The van der Waals surface area contributed by atoms with Gasteiger partial charge in [0, 0.05) is 30.2 Å². The van der Waals surface area contributed by atoms with Crippen molar-refractivity contribution < 1.29 is 9.21 Å². The molecule has 1 aliphatic rings. The lowest BCUT2D eigenvalue weighted by molar-refractivity contribution is -0.132. The Labute approximate surface area is 166 Å². The fraction of sp³-hybridized carbons (Fsp3) is 0.350. The highest BCUT2D eigenvalue weighted by Gasteiger charge is 2.28. The minimum absolute atomic E-state index is 0.130. The first kappa shape index (κ1) is 18.3. The topological polar surface area (TPSA) is 59.2 Å². The van der Waals surface area contributed by atoms with Crippen LogP contribution >= 0.6 is 23.1 Å². The quantitative estimate of drug-likeness (QED) is 0.563. The highest BCUT2D eigenvalue weighted by atomic mass is 32.2. The van der Waals surface area contributed by atoms with Gasteiger partial charge in [0.15, 0.2) is 0 Å². The zero-order chi connectivity index (χ0) is 18.5. The molecule has 1 unspecified atom stereocenters. The minimum atomic E-state index is 0.130. The molecule has 0 radical (unpaired) electrons. The third-order valence-corrected chi connectivity index (χ3v) is 6.50. The second kappa shape index (κ2) is 8.71. The van der Waals surface area contributed by atoms with Crippen LogP contribution in [0.4, 0.5) is 0 Å². The Morgan fingerprint density at radius 1 is 1.22 bits per heavy atom. The molecule has 5 nitrogen and oxygen atoms in total. The fourth-order valence-electron chi connectivity index (χ4n) is 3.24. The van der Waals surface area contributed by atoms with Gasteiger partial charge in [-0.2, -0.15) is 0 Å². The molecular weight excluding hydrogens is 378 g/mol. The van der Waals surface area contributed by atoms with E-state index in [9.17, 15) is 4.79 Å². The molecule has 0 spiro atoms. The summed E-state index contributed by atoms with van der Waals surface area (Å²) >= 11 is 3.31. The Hall–Kier alpha value is -2.12. The summed E-state index contributed by atoms with van der Waals surface area (Å²) in [6, 6.07) is 14.1. The number of rotatable bonds is 6. The van der Waals surface area contributed by atoms with E-state index in [1.54, 1.807) is 23.1 Å². The highest BCUT2D eigenvalue weighted by Crippen LogP contribution is 2.30. The van der Waals surface area contributed by atoms with Gasteiger partial charge in [0.2, 0.25) is 11.8 Å². The number of likely N-dealkylation sites (tertiary alicyclic amines) is 1. The van der Waals surface area contributed by atoms with Crippen molar-refractivity contribution in [1.29, 1.82) is 0 Å². The van der Waals surface area contributed by atoms with Crippen molar-refractivity contribution in [3.8, 4) is 10.8 Å². The first-order valence-electron chi connectivity index (χ1n) is 9.12. The molecule has 1 aromatic carbocycles. The summed E-state index contributed by atoms with van der Waals surface area (Å²) in [6.45, 7) is 1.48. The molecule has 1 amide bonds. The van der Waals surface area contributed by atoms with Crippen LogP contribution in [-0.2, 0) is 4.79 Å². The molecule has 2 aromatic heterocycles. The molecule has 1 atom stereocenters. The molecule has 3 aromatic rings. The number of hydrogen-bond acceptors (Lipinski definition) is 6. The van der Waals surface area contributed by atoms with Crippen LogP contribution in [-0.4, -0.2) is 39.8 Å². The number of carbonyl (C=O) groups excluding carboxylic acids is 1. The van der Waals surface area contributed by atoms with Gasteiger partial charge in [0.05, 0.1) is 10.8 Å². The van der Waals surface area contributed by atoms with Crippen LogP contribution in [0.2, 0.25) is 0 Å². The lowest BCUT2D eigenvalue weighted by Gasteiger charge is -2.31. The number of hydrogen-bond donors (Lipinski definition) is 0. The lowest BCUT2D eigenvalue weighted by atomic mass is 9.98. The van der Waals surface area contributed by atoms with Gasteiger partial charge in [-0.15, -0.1) is 33.3 Å². The van der Waals surface area contributed by atoms with Gasteiger partial charge in [-0.3, -0.25) is 4.79 Å². The average Bonchev–Trinajstić information content (AvgIpc) is 3.40. The van der Waals surface area contributed by atoms with E-state index in [0.29, 0.717) is 24.7 Å². The van der Waals surface area contributed by atoms with Crippen LogP contribution in [0.5, 0.6) is 0 Å². The van der Waals surface area contributed by atoms with Gasteiger partial charge in [0.1, 0.15) is 0 Å². The van der Waals surface area contributed by atoms with Crippen molar-refractivity contribution in [2.24, 2.45) is 0 Å². The molecule has 1 aliphatic heterocycles. The van der Waals surface area contributed by atoms with Gasteiger partial charge in [0.25, 0.3) is 5.89 Å². The Balaban J connectivity index is 1.32. The molecule has 27 heavy (non-hydrogen) atoms. The molecule has 1 saturated heterocycles. The van der Waals surface area contributed by atoms with Crippen molar-refractivity contribution in [1.82, 2.24) is 15.1 Å². The first-order valence-corrected chi connectivity index (χ1v) is 11.0. The molecule has 0 saturated carbocycles. The Morgan fingerprint density at radius 3 is 2.93 bits per heavy atom. The van der Waals surface area contributed by atoms with E-state index in [4.69, 9.17) is 4.42 Å². The SMILES string of the molecule is O=C(CCSc1ccccc1)N1CCCC(c2nnc(-c3cccs3)o2)C1. The number of amides is 1. The van der Waals surface area contributed by atoms with Gasteiger partial charge in [-0.25, -0.2) is 0 Å². The number of aromatic nitrogens is 2. The summed E-state index contributed by atoms with van der Waals surface area (Å²) in [4.78, 5) is 16.7. The molecule has 4 rings (SSSR count). The van der Waals surface area contributed by atoms with Crippen molar-refractivity contribution >= 4 is 29.0 Å². The first-order chi connectivity index (χ1) is 13.3. The molecule has 0 bridgehead atoms. The van der Waals surface area contributed by atoms with E-state index in [1.165, 1.54) is 4.90 Å². The van der Waals surface area contributed by atoms with E-state index in [2.05, 4.69) is 22.3 Å². The maximum Gasteiger partial charge on any atom is 0.257 e. The van der Waals surface area contributed by atoms with Crippen LogP contribution in [0.15, 0.2) is 57.2 Å². The van der Waals surface area contributed by atoms with Gasteiger partial charge in [-0.1, -0.05) is 24.3 Å². The second-order valence-electron chi connectivity index (χ2n) is 6.51. The summed E-state index contributed by atoms with van der Waals surface area (Å²) < 4.78 is 5.88. The summed E-state index contributed by atoms with van der Waals surface area (Å²) in [6.07, 6.45) is 2.50. The predicted molar refractivity (Wildman–Crippen MR) is 108 cm³/mol. The lowest BCUT2D eigenvalue weighted by Crippen LogP contribution is -2.39. The zero-order valence-electron chi connectivity index (χ0n) is 14.9. The summed E-state index contributed by atoms with van der Waals surface area (Å²) in [5.74, 6) is 2.36. The molecule has 1 fully saturated rings. The van der Waals surface area contributed by atoms with Crippen molar-refractivity contribution in [2.75, 3.05) is 18.8 Å². The zero-order valence-corrected chi connectivity index (χ0v) is 16.5.